The van der Waals surface area contributed by atoms with E-state index in [1.807, 2.05) is 43.9 Å². The van der Waals surface area contributed by atoms with E-state index in [-0.39, 0.29) is 11.7 Å². The minimum atomic E-state index is -0.953. The highest BCUT2D eigenvalue weighted by Gasteiger charge is 2.41. The molecule has 0 bridgehead atoms. The molecule has 1 aromatic carbocycles. The van der Waals surface area contributed by atoms with Gasteiger partial charge in [0.1, 0.15) is 11.3 Å². The van der Waals surface area contributed by atoms with Crippen LogP contribution in [0, 0.1) is 5.41 Å². The molecule has 9 nitrogen and oxygen atoms in total. The molecule has 5 rings (SSSR count). The van der Waals surface area contributed by atoms with Gasteiger partial charge in [0.2, 0.25) is 0 Å². The monoisotopic (exact) mass is 491 g/mol. The van der Waals surface area contributed by atoms with Gasteiger partial charge in [-0.15, -0.1) is 0 Å². The number of ether oxygens (including phenoxy) is 2. The summed E-state index contributed by atoms with van der Waals surface area (Å²) in [5.74, 6) is 0.580. The third kappa shape index (κ3) is 4.49. The first-order chi connectivity index (χ1) is 17.0. The fourth-order valence-corrected chi connectivity index (χ4v) is 4.62. The standard InChI is InChI=1S/C27H33N5O4/c1-26(2,3)23(33)18-15-28-24-22(18)30-19(16-29-24)17-6-7-21-20(14-17)32(25(34)27(4,5)36-21)9-8-31-10-12-35-13-11-31/h6-7,14-16H,8-13H2,1-5H3,(H,28,29). The summed E-state index contributed by atoms with van der Waals surface area (Å²) in [6.07, 6.45) is 3.36. The second-order valence-electron chi connectivity index (χ2n) is 10.9. The van der Waals surface area contributed by atoms with E-state index in [1.165, 1.54) is 0 Å². The van der Waals surface area contributed by atoms with Crippen LogP contribution in [0.4, 0.5) is 5.69 Å². The molecule has 1 N–H and O–H groups in total. The van der Waals surface area contributed by atoms with Gasteiger partial charge in [0, 0.05) is 43.4 Å². The highest BCUT2D eigenvalue weighted by Crippen LogP contribution is 2.40. The maximum atomic E-state index is 13.4. The van der Waals surface area contributed by atoms with Gasteiger partial charge >= 0.3 is 0 Å². The molecule has 0 spiro atoms. The molecule has 0 aliphatic carbocycles. The normalized spacial score (nSPS) is 18.2. The Hall–Kier alpha value is -3.30. The minimum absolute atomic E-state index is 0.00107. The van der Waals surface area contributed by atoms with E-state index in [0.717, 1.165) is 25.2 Å². The molecule has 1 saturated heterocycles. The van der Waals surface area contributed by atoms with Crippen molar-refractivity contribution in [1.82, 2.24) is 19.9 Å². The van der Waals surface area contributed by atoms with E-state index in [1.54, 1.807) is 26.2 Å². The molecule has 2 aromatic heterocycles. The molecule has 2 aliphatic heterocycles. The highest BCUT2D eigenvalue weighted by atomic mass is 16.5. The summed E-state index contributed by atoms with van der Waals surface area (Å²) in [6, 6.07) is 5.72. The van der Waals surface area contributed by atoms with Crippen molar-refractivity contribution in [3.63, 3.8) is 0 Å². The zero-order valence-electron chi connectivity index (χ0n) is 21.6. The number of H-pyrrole nitrogens is 1. The van der Waals surface area contributed by atoms with E-state index in [4.69, 9.17) is 14.5 Å². The van der Waals surface area contributed by atoms with Crippen LogP contribution in [0.5, 0.6) is 5.75 Å². The summed E-state index contributed by atoms with van der Waals surface area (Å²) in [7, 11) is 0. The second-order valence-corrected chi connectivity index (χ2v) is 10.9. The van der Waals surface area contributed by atoms with Gasteiger partial charge in [0.25, 0.3) is 5.91 Å². The predicted octanol–water partition coefficient (Wildman–Crippen LogP) is 3.69. The third-order valence-electron chi connectivity index (χ3n) is 6.72. The van der Waals surface area contributed by atoms with E-state index in [0.29, 0.717) is 53.6 Å². The fraction of sp³-hybridized carbons (Fsp3) is 0.481. The van der Waals surface area contributed by atoms with Crippen molar-refractivity contribution in [2.75, 3.05) is 44.3 Å². The number of Topliss-reactive ketones (excluding diaryl/α,β-unsaturated/α-hetero) is 1. The van der Waals surface area contributed by atoms with Gasteiger partial charge in [-0.05, 0) is 32.0 Å². The first-order valence-electron chi connectivity index (χ1n) is 12.4. The molecule has 190 valence electrons. The van der Waals surface area contributed by atoms with Crippen LogP contribution in [0.2, 0.25) is 0 Å². The van der Waals surface area contributed by atoms with Crippen molar-refractivity contribution in [2.45, 2.75) is 40.2 Å². The lowest BCUT2D eigenvalue weighted by atomic mass is 9.87. The lowest BCUT2D eigenvalue weighted by Crippen LogP contribution is -2.54. The summed E-state index contributed by atoms with van der Waals surface area (Å²) in [4.78, 5) is 42.8. The molecule has 2 aliphatic rings. The van der Waals surface area contributed by atoms with Gasteiger partial charge in [0.15, 0.2) is 17.0 Å². The summed E-state index contributed by atoms with van der Waals surface area (Å²) < 4.78 is 11.5. The number of rotatable bonds is 5. The van der Waals surface area contributed by atoms with Crippen LogP contribution in [0.15, 0.2) is 30.6 Å². The Balaban J connectivity index is 1.50. The Bertz CT molecular complexity index is 1320. The zero-order valence-corrected chi connectivity index (χ0v) is 21.6. The Morgan fingerprint density at radius 2 is 1.92 bits per heavy atom. The molecular weight excluding hydrogens is 458 g/mol. The van der Waals surface area contributed by atoms with Crippen molar-refractivity contribution < 1.29 is 19.1 Å². The van der Waals surface area contributed by atoms with Crippen LogP contribution in [0.3, 0.4) is 0 Å². The Morgan fingerprint density at radius 3 is 2.64 bits per heavy atom. The first kappa shape index (κ1) is 24.4. The van der Waals surface area contributed by atoms with Gasteiger partial charge in [-0.2, -0.15) is 0 Å². The number of anilines is 1. The summed E-state index contributed by atoms with van der Waals surface area (Å²) in [6.45, 7) is 13.7. The summed E-state index contributed by atoms with van der Waals surface area (Å²) >= 11 is 0. The molecule has 4 heterocycles. The van der Waals surface area contributed by atoms with Crippen LogP contribution >= 0.6 is 0 Å². The number of fused-ring (bicyclic) bond motifs is 2. The van der Waals surface area contributed by atoms with Crippen molar-refractivity contribution in [3.05, 3.63) is 36.2 Å². The lowest BCUT2D eigenvalue weighted by Gasteiger charge is -2.40. The van der Waals surface area contributed by atoms with Crippen LogP contribution in [-0.2, 0) is 9.53 Å². The number of ketones is 1. The molecule has 0 unspecified atom stereocenters. The molecule has 1 amide bonds. The average Bonchev–Trinajstić information content (AvgIpc) is 3.26. The van der Waals surface area contributed by atoms with E-state index >= 15 is 0 Å². The number of nitrogens with zero attached hydrogens (tertiary/aromatic N) is 4. The number of morpholine rings is 1. The van der Waals surface area contributed by atoms with Gasteiger partial charge in [-0.1, -0.05) is 20.8 Å². The second kappa shape index (κ2) is 8.97. The topological polar surface area (TPSA) is 101 Å². The Labute approximate surface area is 210 Å². The van der Waals surface area contributed by atoms with E-state index < -0.39 is 11.0 Å². The summed E-state index contributed by atoms with van der Waals surface area (Å²) in [5, 5.41) is 0. The fourth-order valence-electron chi connectivity index (χ4n) is 4.62. The molecule has 0 atom stereocenters. The number of amides is 1. The zero-order chi connectivity index (χ0) is 25.7. The number of hydrogen-bond acceptors (Lipinski definition) is 7. The van der Waals surface area contributed by atoms with Gasteiger partial charge in [-0.3, -0.25) is 14.5 Å². The van der Waals surface area contributed by atoms with Gasteiger partial charge < -0.3 is 19.4 Å². The minimum Gasteiger partial charge on any atom is -0.476 e. The number of nitrogens with one attached hydrogen (secondary N) is 1. The van der Waals surface area contributed by atoms with Crippen molar-refractivity contribution in [2.24, 2.45) is 5.41 Å². The maximum Gasteiger partial charge on any atom is 0.270 e. The number of aromatic amines is 1. The van der Waals surface area contributed by atoms with Crippen LogP contribution in [0.25, 0.3) is 22.4 Å². The lowest BCUT2D eigenvalue weighted by molar-refractivity contribution is -0.132. The van der Waals surface area contributed by atoms with Crippen molar-refractivity contribution >= 4 is 28.5 Å². The van der Waals surface area contributed by atoms with Crippen LogP contribution in [-0.4, -0.2) is 76.5 Å². The average molecular weight is 492 g/mol. The van der Waals surface area contributed by atoms with E-state index in [9.17, 15) is 9.59 Å². The highest BCUT2D eigenvalue weighted by molar-refractivity contribution is 6.08. The van der Waals surface area contributed by atoms with Crippen molar-refractivity contribution in [1.29, 1.82) is 0 Å². The maximum absolute atomic E-state index is 13.4. The molecule has 36 heavy (non-hydrogen) atoms. The Morgan fingerprint density at radius 1 is 1.17 bits per heavy atom. The quantitative estimate of drug-likeness (QED) is 0.543. The SMILES string of the molecule is CC(C)(C)C(=O)c1c[nH]c2ncc(-c3ccc4c(c3)N(CCN3CCOCC3)C(=O)C(C)(C)O4)nc12. The first-order valence-corrected chi connectivity index (χ1v) is 12.4. The number of benzene rings is 1. The van der Waals surface area contributed by atoms with Gasteiger partial charge in [0.05, 0.1) is 36.4 Å². The smallest absolute Gasteiger partial charge is 0.270 e. The molecule has 1 fully saturated rings. The van der Waals surface area contributed by atoms with Crippen LogP contribution in [0.1, 0.15) is 45.0 Å². The molecule has 0 radical (unpaired) electrons. The number of carbonyl (C=O) groups is 2. The predicted molar refractivity (Wildman–Crippen MR) is 137 cm³/mol. The largest absolute Gasteiger partial charge is 0.476 e. The molecular formula is C27H33N5O4. The molecule has 0 saturated carbocycles. The number of hydrogen-bond donors (Lipinski definition) is 1. The number of carbonyl (C=O) groups excluding carboxylic acids is 2. The summed E-state index contributed by atoms with van der Waals surface area (Å²) in [5.41, 5.74) is 2.28. The molecule has 9 heteroatoms. The van der Waals surface area contributed by atoms with Gasteiger partial charge in [-0.25, -0.2) is 9.97 Å². The van der Waals surface area contributed by atoms with Crippen LogP contribution < -0.4 is 9.64 Å². The molecule has 3 aromatic rings. The number of aromatic nitrogens is 3. The van der Waals surface area contributed by atoms with Crippen molar-refractivity contribution in [3.8, 4) is 17.0 Å². The Kier molecular flexibility index (Phi) is 6.08. The third-order valence-corrected chi connectivity index (χ3v) is 6.72. The van der Waals surface area contributed by atoms with E-state index in [2.05, 4.69) is 14.9 Å².